The van der Waals surface area contributed by atoms with E-state index in [1.54, 1.807) is 17.3 Å². The van der Waals surface area contributed by atoms with Crippen LogP contribution in [0.1, 0.15) is 24.0 Å². The summed E-state index contributed by atoms with van der Waals surface area (Å²) in [5.74, 6) is 0.406. The molecular weight excluding hydrogens is 336 g/mol. The van der Waals surface area contributed by atoms with Gasteiger partial charge in [0, 0.05) is 38.2 Å². The molecule has 0 radical (unpaired) electrons. The average Bonchev–Trinajstić information content (AvgIpc) is 2.73. The topological polar surface area (TPSA) is 69.0 Å². The number of likely N-dealkylation sites (tertiary alicyclic amines) is 1. The first-order valence-electron chi connectivity index (χ1n) is 9.32. The van der Waals surface area contributed by atoms with Gasteiger partial charge in [0.1, 0.15) is 11.6 Å². The zero-order valence-corrected chi connectivity index (χ0v) is 15.3. The summed E-state index contributed by atoms with van der Waals surface area (Å²) in [4.78, 5) is 18.5. The average molecular weight is 360 g/mol. The summed E-state index contributed by atoms with van der Waals surface area (Å²) in [6.45, 7) is 1.95. The maximum absolute atomic E-state index is 12.6. The number of rotatable bonds is 6. The number of nitriles is 1. The third kappa shape index (κ3) is 5.42. The summed E-state index contributed by atoms with van der Waals surface area (Å²) in [6.07, 6.45) is 7.99. The normalized spacial score (nSPS) is 15.2. The number of nitrogens with zero attached hydrogens (tertiary/aromatic N) is 3. The molecule has 1 aliphatic rings. The van der Waals surface area contributed by atoms with E-state index in [0.29, 0.717) is 25.6 Å². The highest BCUT2D eigenvalue weighted by Crippen LogP contribution is 2.22. The Balaban J connectivity index is 1.49. The van der Waals surface area contributed by atoms with Gasteiger partial charge in [-0.25, -0.2) is 0 Å². The Labute approximate surface area is 160 Å². The van der Waals surface area contributed by atoms with Crippen molar-refractivity contribution in [3.63, 3.8) is 0 Å². The van der Waals surface area contributed by atoms with Crippen molar-refractivity contribution in [1.29, 1.82) is 5.26 Å². The van der Waals surface area contributed by atoms with Crippen LogP contribution in [-0.4, -0.2) is 28.9 Å². The number of benzene rings is 1. The van der Waals surface area contributed by atoms with Crippen LogP contribution in [-0.2, 0) is 17.8 Å². The number of hydrogen-bond donors (Lipinski definition) is 1. The number of carbonyl (C=O) groups is 1. The minimum atomic E-state index is -0.186. The predicted octanol–water partition coefficient (Wildman–Crippen LogP) is 3.06. The van der Waals surface area contributed by atoms with Crippen LogP contribution in [0.3, 0.4) is 0 Å². The Morgan fingerprint density at radius 3 is 2.59 bits per heavy atom. The van der Waals surface area contributed by atoms with Gasteiger partial charge in [0.25, 0.3) is 5.91 Å². The minimum Gasteiger partial charge on any atom is -0.386 e. The summed E-state index contributed by atoms with van der Waals surface area (Å²) < 4.78 is 0. The van der Waals surface area contributed by atoms with Crippen molar-refractivity contribution in [2.75, 3.05) is 13.1 Å². The van der Waals surface area contributed by atoms with Crippen LogP contribution in [0.4, 0.5) is 0 Å². The molecule has 138 valence electrons. The molecule has 1 aromatic carbocycles. The maximum atomic E-state index is 12.6. The molecular formula is C22H24N4O. The largest absolute Gasteiger partial charge is 0.386 e. The lowest BCUT2D eigenvalue weighted by atomic mass is 9.90. The van der Waals surface area contributed by atoms with Gasteiger partial charge in [-0.2, -0.15) is 5.26 Å². The zero-order valence-electron chi connectivity index (χ0n) is 15.3. The van der Waals surface area contributed by atoms with Crippen molar-refractivity contribution in [3.8, 4) is 6.07 Å². The molecule has 3 rings (SSSR count). The molecule has 2 heterocycles. The molecule has 1 aromatic heterocycles. The number of hydrogen-bond acceptors (Lipinski definition) is 4. The molecule has 0 atom stereocenters. The van der Waals surface area contributed by atoms with Crippen LogP contribution >= 0.6 is 0 Å². The van der Waals surface area contributed by atoms with Gasteiger partial charge in [0.05, 0.1) is 0 Å². The summed E-state index contributed by atoms with van der Waals surface area (Å²) in [5, 5.41) is 12.4. The summed E-state index contributed by atoms with van der Waals surface area (Å²) in [7, 11) is 0. The molecule has 5 nitrogen and oxygen atoms in total. The maximum Gasteiger partial charge on any atom is 0.265 e. The number of pyridine rings is 1. The summed E-state index contributed by atoms with van der Waals surface area (Å²) in [6, 6.07) is 16.3. The van der Waals surface area contributed by atoms with Crippen LogP contribution in [0.25, 0.3) is 0 Å². The van der Waals surface area contributed by atoms with E-state index in [2.05, 4.69) is 34.6 Å². The lowest BCUT2D eigenvalue weighted by Crippen LogP contribution is -2.39. The van der Waals surface area contributed by atoms with Crippen molar-refractivity contribution in [1.82, 2.24) is 15.2 Å². The lowest BCUT2D eigenvalue weighted by molar-refractivity contribution is -0.128. The van der Waals surface area contributed by atoms with E-state index in [0.717, 1.165) is 24.8 Å². The van der Waals surface area contributed by atoms with Crippen LogP contribution < -0.4 is 5.32 Å². The van der Waals surface area contributed by atoms with E-state index in [1.807, 2.05) is 24.3 Å². The van der Waals surface area contributed by atoms with E-state index >= 15 is 0 Å². The van der Waals surface area contributed by atoms with Gasteiger partial charge in [-0.15, -0.1) is 0 Å². The van der Waals surface area contributed by atoms with Gasteiger partial charge in [-0.05, 0) is 42.4 Å². The first-order chi connectivity index (χ1) is 13.3. The van der Waals surface area contributed by atoms with E-state index < -0.39 is 0 Å². The van der Waals surface area contributed by atoms with Crippen LogP contribution in [0.2, 0.25) is 0 Å². The Hall–Kier alpha value is -3.13. The summed E-state index contributed by atoms with van der Waals surface area (Å²) >= 11 is 0. The fraction of sp³-hybridized carbons (Fsp3) is 0.318. The smallest absolute Gasteiger partial charge is 0.265 e. The van der Waals surface area contributed by atoms with Crippen molar-refractivity contribution in [2.24, 2.45) is 5.92 Å². The Bertz CT molecular complexity index is 803. The molecule has 1 aliphatic heterocycles. The molecule has 1 fully saturated rings. The highest BCUT2D eigenvalue weighted by Gasteiger charge is 2.25. The highest BCUT2D eigenvalue weighted by atomic mass is 16.2. The Morgan fingerprint density at radius 1 is 1.19 bits per heavy atom. The molecule has 27 heavy (non-hydrogen) atoms. The molecule has 0 aliphatic carbocycles. The Morgan fingerprint density at radius 2 is 1.93 bits per heavy atom. The van der Waals surface area contributed by atoms with Gasteiger partial charge >= 0.3 is 0 Å². The van der Waals surface area contributed by atoms with Crippen LogP contribution in [0.5, 0.6) is 0 Å². The van der Waals surface area contributed by atoms with Gasteiger partial charge in [0.2, 0.25) is 0 Å². The van der Waals surface area contributed by atoms with E-state index in [4.69, 9.17) is 0 Å². The molecule has 5 heteroatoms. The fourth-order valence-electron chi connectivity index (χ4n) is 3.37. The lowest BCUT2D eigenvalue weighted by Gasteiger charge is -2.32. The number of aromatic nitrogens is 1. The number of amides is 1. The summed E-state index contributed by atoms with van der Waals surface area (Å²) in [5.41, 5.74) is 2.50. The van der Waals surface area contributed by atoms with E-state index in [9.17, 15) is 10.1 Å². The van der Waals surface area contributed by atoms with Crippen LogP contribution in [0.15, 0.2) is 66.6 Å². The van der Waals surface area contributed by atoms with Crippen molar-refractivity contribution in [3.05, 3.63) is 77.8 Å². The molecule has 0 bridgehead atoms. The fourth-order valence-corrected chi connectivity index (χ4v) is 3.37. The second-order valence-electron chi connectivity index (χ2n) is 6.84. The molecule has 0 unspecified atom stereocenters. The second kappa shape index (κ2) is 9.54. The zero-order chi connectivity index (χ0) is 18.9. The predicted molar refractivity (Wildman–Crippen MR) is 104 cm³/mol. The molecule has 1 N–H and O–H groups in total. The standard InChI is InChI=1S/C22H24N4O/c23-14-21(17-25-16-20-7-4-10-24-15-20)22(27)26-11-8-19(9-12-26)13-18-5-2-1-3-6-18/h1-7,10,15,17,19,25H,8-9,11-13,16H2/b21-17-. The molecule has 1 saturated heterocycles. The molecule has 1 amide bonds. The quantitative estimate of drug-likeness (QED) is 0.635. The second-order valence-corrected chi connectivity index (χ2v) is 6.84. The first-order valence-corrected chi connectivity index (χ1v) is 9.32. The monoisotopic (exact) mass is 360 g/mol. The van der Waals surface area contributed by atoms with Gasteiger partial charge < -0.3 is 10.2 Å². The van der Waals surface area contributed by atoms with Crippen molar-refractivity contribution in [2.45, 2.75) is 25.8 Å². The minimum absolute atomic E-state index is 0.153. The first kappa shape index (κ1) is 18.7. The van der Waals surface area contributed by atoms with E-state index in [-0.39, 0.29) is 11.5 Å². The van der Waals surface area contributed by atoms with Crippen molar-refractivity contribution < 1.29 is 4.79 Å². The van der Waals surface area contributed by atoms with Crippen LogP contribution in [0, 0.1) is 17.2 Å². The SMILES string of the molecule is N#C/C(=C/NCc1cccnc1)C(=O)N1CCC(Cc2ccccc2)CC1. The molecule has 2 aromatic rings. The van der Waals surface area contributed by atoms with Gasteiger partial charge in [-0.1, -0.05) is 36.4 Å². The van der Waals surface area contributed by atoms with E-state index in [1.165, 1.54) is 11.8 Å². The van der Waals surface area contributed by atoms with Gasteiger partial charge in [0.15, 0.2) is 0 Å². The van der Waals surface area contributed by atoms with Crippen molar-refractivity contribution >= 4 is 5.91 Å². The van der Waals surface area contributed by atoms with Gasteiger partial charge in [-0.3, -0.25) is 9.78 Å². The molecule has 0 spiro atoms. The third-order valence-corrected chi connectivity index (χ3v) is 4.90. The number of piperidine rings is 1. The number of nitrogens with one attached hydrogen (secondary N) is 1. The third-order valence-electron chi connectivity index (χ3n) is 4.90. The molecule has 0 saturated carbocycles. The Kier molecular flexibility index (Phi) is 6.59. The number of carbonyl (C=O) groups excluding carboxylic acids is 1. The highest BCUT2D eigenvalue weighted by molar-refractivity contribution is 5.97.